The van der Waals surface area contributed by atoms with Gasteiger partial charge in [-0.25, -0.2) is 4.79 Å². The first-order chi connectivity index (χ1) is 17.6. The van der Waals surface area contributed by atoms with Gasteiger partial charge < -0.3 is 19.5 Å². The van der Waals surface area contributed by atoms with E-state index in [9.17, 15) is 4.79 Å². The first kappa shape index (κ1) is 22.0. The Bertz CT molecular complexity index is 1240. The summed E-state index contributed by atoms with van der Waals surface area (Å²) in [4.78, 5) is 16.4. The summed E-state index contributed by atoms with van der Waals surface area (Å²) in [6.45, 7) is 3.22. The van der Waals surface area contributed by atoms with Crippen LogP contribution >= 0.6 is 0 Å². The molecule has 186 valence electrons. The maximum atomic E-state index is 14.3. The maximum absolute atomic E-state index is 14.3. The largest absolute Gasteiger partial charge is 0.494 e. The number of aromatic nitrogens is 1. The summed E-state index contributed by atoms with van der Waals surface area (Å²) in [5.74, 6) is 3.24. The van der Waals surface area contributed by atoms with Crippen LogP contribution in [0.1, 0.15) is 68.3 Å². The van der Waals surface area contributed by atoms with Crippen LogP contribution in [0, 0.1) is 17.8 Å². The molecule has 4 saturated carbocycles. The maximum Gasteiger partial charge on any atom is 0.318 e. The van der Waals surface area contributed by atoms with Gasteiger partial charge in [0.2, 0.25) is 0 Å². The van der Waals surface area contributed by atoms with Crippen LogP contribution in [0.2, 0.25) is 0 Å². The summed E-state index contributed by atoms with van der Waals surface area (Å²) in [6, 6.07) is 20.9. The Labute approximate surface area is 213 Å². The molecule has 1 aliphatic heterocycles. The number of nitrogens with one attached hydrogen (secondary N) is 1. The molecule has 1 atom stereocenters. The van der Waals surface area contributed by atoms with E-state index < -0.39 is 0 Å². The van der Waals surface area contributed by atoms with Gasteiger partial charge in [-0.3, -0.25) is 0 Å². The summed E-state index contributed by atoms with van der Waals surface area (Å²) >= 11 is 0. The molecule has 0 radical (unpaired) electrons. The Morgan fingerprint density at radius 3 is 2.33 bits per heavy atom. The Morgan fingerprint density at radius 1 is 0.944 bits per heavy atom. The number of fused-ring (bicyclic) bond motifs is 3. The molecule has 1 aromatic heterocycles. The molecule has 2 amide bonds. The highest BCUT2D eigenvalue weighted by atomic mass is 16.5. The van der Waals surface area contributed by atoms with E-state index >= 15 is 0 Å². The number of carbonyl (C=O) groups excluding carboxylic acids is 1. The van der Waals surface area contributed by atoms with Crippen molar-refractivity contribution in [2.45, 2.75) is 63.6 Å². The quantitative estimate of drug-likeness (QED) is 0.465. The standard InChI is InChI=1S/C31H35N3O2/c1-2-36-26-11-9-24(10-12-26)29-28-8-5-13-33(28)27-7-4-3-6-25(27)20-34(29)30(35)32-31-17-21-14-22(18-31)16-23(15-21)19-31/h3-13,21-23,29H,2,14-20H2,1H3,(H,32,35)/t21?,22?,23?,29-,31?/m0/s1. The zero-order valence-corrected chi connectivity index (χ0v) is 21.0. The number of para-hydroxylation sites is 1. The van der Waals surface area contributed by atoms with Crippen molar-refractivity contribution < 1.29 is 9.53 Å². The summed E-state index contributed by atoms with van der Waals surface area (Å²) < 4.78 is 7.97. The van der Waals surface area contributed by atoms with Crippen LogP contribution in [0.3, 0.4) is 0 Å². The molecule has 0 saturated heterocycles. The van der Waals surface area contributed by atoms with E-state index in [0.29, 0.717) is 13.2 Å². The van der Waals surface area contributed by atoms with E-state index in [0.717, 1.165) is 59.7 Å². The average molecular weight is 482 g/mol. The number of rotatable bonds is 4. The van der Waals surface area contributed by atoms with Crippen LogP contribution in [-0.4, -0.2) is 27.6 Å². The van der Waals surface area contributed by atoms with E-state index in [1.807, 2.05) is 19.1 Å². The third kappa shape index (κ3) is 3.63. The van der Waals surface area contributed by atoms with Crippen molar-refractivity contribution in [3.8, 4) is 11.4 Å². The average Bonchev–Trinajstić information content (AvgIpc) is 3.28. The Balaban J connectivity index is 1.28. The number of hydrogen-bond donors (Lipinski definition) is 1. The van der Waals surface area contributed by atoms with E-state index in [-0.39, 0.29) is 17.6 Å². The second-order valence-corrected chi connectivity index (χ2v) is 11.6. The molecular weight excluding hydrogens is 446 g/mol. The highest BCUT2D eigenvalue weighted by Crippen LogP contribution is 2.55. The molecule has 5 heteroatoms. The minimum absolute atomic E-state index is 0.0248. The van der Waals surface area contributed by atoms with Gasteiger partial charge in [0, 0.05) is 17.4 Å². The molecule has 1 N–H and O–H groups in total. The van der Waals surface area contributed by atoms with Gasteiger partial charge in [-0.15, -0.1) is 0 Å². The predicted molar refractivity (Wildman–Crippen MR) is 140 cm³/mol. The molecule has 4 bridgehead atoms. The molecule has 5 aliphatic rings. The van der Waals surface area contributed by atoms with Crippen LogP contribution in [0.25, 0.3) is 5.69 Å². The van der Waals surface area contributed by atoms with Gasteiger partial charge in [0.05, 0.1) is 24.9 Å². The fourth-order valence-electron chi connectivity index (χ4n) is 8.17. The van der Waals surface area contributed by atoms with Crippen molar-refractivity contribution in [1.82, 2.24) is 14.8 Å². The van der Waals surface area contributed by atoms with Crippen molar-refractivity contribution in [2.24, 2.45) is 17.8 Å². The van der Waals surface area contributed by atoms with Crippen LogP contribution < -0.4 is 10.1 Å². The highest BCUT2D eigenvalue weighted by Gasteiger charge is 2.52. The highest BCUT2D eigenvalue weighted by molar-refractivity contribution is 5.77. The lowest BCUT2D eigenvalue weighted by molar-refractivity contribution is -0.0163. The Kier molecular flexibility index (Phi) is 5.16. The normalized spacial score (nSPS) is 29.9. The number of ether oxygens (including phenoxy) is 1. The zero-order valence-electron chi connectivity index (χ0n) is 21.0. The topological polar surface area (TPSA) is 46.5 Å². The molecule has 4 fully saturated rings. The molecule has 0 spiro atoms. The molecule has 8 rings (SSSR count). The fraction of sp³-hybridized carbons (Fsp3) is 0.452. The number of nitrogens with zero attached hydrogens (tertiary/aromatic N) is 2. The lowest BCUT2D eigenvalue weighted by Crippen LogP contribution is -2.62. The number of benzene rings is 2. The third-order valence-electron chi connectivity index (χ3n) is 9.14. The molecule has 4 aliphatic carbocycles. The number of hydrogen-bond acceptors (Lipinski definition) is 2. The van der Waals surface area contributed by atoms with E-state index in [4.69, 9.17) is 4.74 Å². The Hall–Kier alpha value is -3.21. The summed E-state index contributed by atoms with van der Waals surface area (Å²) in [5.41, 5.74) is 4.52. The minimum Gasteiger partial charge on any atom is -0.494 e. The summed E-state index contributed by atoms with van der Waals surface area (Å²) in [6.07, 6.45) is 9.69. The first-order valence-corrected chi connectivity index (χ1v) is 13.7. The number of amides is 2. The smallest absolute Gasteiger partial charge is 0.318 e. The lowest BCUT2D eigenvalue weighted by atomic mass is 9.53. The zero-order chi connectivity index (χ0) is 24.3. The second-order valence-electron chi connectivity index (χ2n) is 11.6. The van der Waals surface area contributed by atoms with Crippen molar-refractivity contribution >= 4 is 6.03 Å². The number of urea groups is 1. The van der Waals surface area contributed by atoms with Crippen molar-refractivity contribution in [2.75, 3.05) is 6.61 Å². The minimum atomic E-state index is -0.183. The van der Waals surface area contributed by atoms with E-state index in [1.54, 1.807) is 0 Å². The van der Waals surface area contributed by atoms with Gasteiger partial charge in [-0.05, 0) is 105 Å². The number of carbonyl (C=O) groups is 1. The van der Waals surface area contributed by atoms with Crippen LogP contribution in [0.15, 0.2) is 66.9 Å². The van der Waals surface area contributed by atoms with Gasteiger partial charge >= 0.3 is 6.03 Å². The van der Waals surface area contributed by atoms with Gasteiger partial charge in [-0.1, -0.05) is 30.3 Å². The SMILES string of the molecule is CCOc1ccc([C@H]2c3cccn3-c3ccccc3CN2C(=O)NC23CC4CC(CC(C4)C2)C3)cc1. The summed E-state index contributed by atoms with van der Waals surface area (Å²) in [7, 11) is 0. The molecule has 5 nitrogen and oxygen atoms in total. The first-order valence-electron chi connectivity index (χ1n) is 13.7. The van der Waals surface area contributed by atoms with Gasteiger partial charge in [0.25, 0.3) is 0 Å². The van der Waals surface area contributed by atoms with Crippen LogP contribution in [0.5, 0.6) is 5.75 Å². The molecule has 0 unspecified atom stereocenters. The monoisotopic (exact) mass is 481 g/mol. The van der Waals surface area contributed by atoms with Crippen molar-refractivity contribution in [3.05, 3.63) is 83.7 Å². The van der Waals surface area contributed by atoms with E-state index in [1.165, 1.54) is 24.8 Å². The molecule has 2 heterocycles. The van der Waals surface area contributed by atoms with E-state index in [2.05, 4.69) is 69.5 Å². The van der Waals surface area contributed by atoms with Gasteiger partial charge in [-0.2, -0.15) is 0 Å². The summed E-state index contributed by atoms with van der Waals surface area (Å²) in [5, 5.41) is 3.66. The predicted octanol–water partition coefficient (Wildman–Crippen LogP) is 6.46. The van der Waals surface area contributed by atoms with Crippen molar-refractivity contribution in [3.63, 3.8) is 0 Å². The van der Waals surface area contributed by atoms with Crippen molar-refractivity contribution in [1.29, 1.82) is 0 Å². The third-order valence-corrected chi connectivity index (χ3v) is 9.14. The molecular formula is C31H35N3O2. The Morgan fingerprint density at radius 2 is 1.64 bits per heavy atom. The molecule has 3 aromatic rings. The van der Waals surface area contributed by atoms with Gasteiger partial charge in [0.1, 0.15) is 5.75 Å². The second kappa shape index (κ2) is 8.43. The van der Waals surface area contributed by atoms with Crippen LogP contribution in [-0.2, 0) is 6.54 Å². The van der Waals surface area contributed by atoms with Gasteiger partial charge in [0.15, 0.2) is 0 Å². The molecule has 36 heavy (non-hydrogen) atoms. The fourth-order valence-corrected chi connectivity index (χ4v) is 8.17. The molecule has 2 aromatic carbocycles. The lowest BCUT2D eigenvalue weighted by Gasteiger charge is -2.57. The van der Waals surface area contributed by atoms with Crippen LogP contribution in [0.4, 0.5) is 4.79 Å².